The third-order valence-electron chi connectivity index (χ3n) is 7.74. The van der Waals surface area contributed by atoms with E-state index >= 15 is 0 Å². The number of aromatic nitrogens is 2. The van der Waals surface area contributed by atoms with E-state index in [0.29, 0.717) is 18.8 Å². The number of hydrogen-bond acceptors (Lipinski definition) is 6. The minimum absolute atomic E-state index is 0.0705. The van der Waals surface area contributed by atoms with Gasteiger partial charge in [-0.1, -0.05) is 12.1 Å². The number of benzene rings is 2. The molecule has 3 aliphatic rings. The lowest BCUT2D eigenvalue weighted by Gasteiger charge is -2.32. The number of phenolic OH excluding ortho intramolecular Hbond substituents is 2. The molecule has 0 bridgehead atoms. The van der Waals surface area contributed by atoms with Crippen LogP contribution in [0.5, 0.6) is 11.5 Å². The number of aromatic hydroxyl groups is 2. The molecule has 0 unspecified atom stereocenters. The van der Waals surface area contributed by atoms with E-state index in [4.69, 9.17) is 4.99 Å². The predicted octanol–water partition coefficient (Wildman–Crippen LogP) is 2.39. The lowest BCUT2D eigenvalue weighted by molar-refractivity contribution is -0.121. The van der Waals surface area contributed by atoms with Crippen LogP contribution in [0.1, 0.15) is 48.8 Å². The van der Waals surface area contributed by atoms with Gasteiger partial charge in [0.1, 0.15) is 5.84 Å². The monoisotopic (exact) mass is 475 g/mol. The first-order valence-corrected chi connectivity index (χ1v) is 12.3. The van der Waals surface area contributed by atoms with Gasteiger partial charge in [0.25, 0.3) is 0 Å². The highest BCUT2D eigenvalue weighted by Gasteiger charge is 2.36. The molecule has 2 atom stereocenters. The number of rotatable bonds is 3. The number of amides is 1. The fourth-order valence-electron chi connectivity index (χ4n) is 6.03. The third kappa shape index (κ3) is 3.99. The summed E-state index contributed by atoms with van der Waals surface area (Å²) in [7, 11) is 0. The first kappa shape index (κ1) is 21.9. The maximum atomic E-state index is 12.8. The van der Waals surface area contributed by atoms with Gasteiger partial charge in [0.2, 0.25) is 5.91 Å². The molecule has 0 radical (unpaired) electrons. The Morgan fingerprint density at radius 3 is 2.71 bits per heavy atom. The number of hydrogen-bond donors (Lipinski definition) is 4. The molecule has 0 saturated carbocycles. The highest BCUT2D eigenvalue weighted by Crippen LogP contribution is 2.43. The number of phenols is 2. The van der Waals surface area contributed by atoms with Crippen molar-refractivity contribution in [1.82, 2.24) is 19.8 Å². The van der Waals surface area contributed by atoms with E-state index in [-0.39, 0.29) is 41.1 Å². The minimum Gasteiger partial charge on any atom is -0.504 e. The van der Waals surface area contributed by atoms with Crippen molar-refractivity contribution in [2.75, 3.05) is 19.6 Å². The third-order valence-corrected chi connectivity index (χ3v) is 7.74. The van der Waals surface area contributed by atoms with E-state index in [0.717, 1.165) is 60.9 Å². The molecule has 3 aromatic rings. The van der Waals surface area contributed by atoms with Crippen LogP contribution in [0.15, 0.2) is 46.2 Å². The smallest absolute Gasteiger partial charge is 0.326 e. The summed E-state index contributed by atoms with van der Waals surface area (Å²) < 4.78 is 1.86. The van der Waals surface area contributed by atoms with Crippen molar-refractivity contribution in [3.8, 4) is 11.5 Å². The van der Waals surface area contributed by atoms with Crippen LogP contribution >= 0.6 is 0 Å². The van der Waals surface area contributed by atoms with E-state index in [9.17, 15) is 19.8 Å². The number of nitrogens with zero attached hydrogens (tertiary/aromatic N) is 3. The number of aliphatic imine (C=N–C) groups is 1. The Labute approximate surface area is 202 Å². The number of carbonyl (C=O) groups excluding carboxylic acids is 1. The van der Waals surface area contributed by atoms with Gasteiger partial charge in [0.15, 0.2) is 11.5 Å². The predicted molar refractivity (Wildman–Crippen MR) is 132 cm³/mol. The largest absolute Gasteiger partial charge is 0.504 e. The van der Waals surface area contributed by atoms with E-state index in [1.807, 2.05) is 28.8 Å². The Hall–Kier alpha value is -3.59. The van der Waals surface area contributed by atoms with Gasteiger partial charge in [-0.05, 0) is 61.1 Å². The molecule has 0 spiro atoms. The Bertz CT molecular complexity index is 1380. The van der Waals surface area contributed by atoms with Crippen molar-refractivity contribution in [2.45, 2.75) is 50.1 Å². The molecule has 2 aromatic carbocycles. The molecule has 1 aliphatic carbocycles. The number of likely N-dealkylation sites (tertiary alicyclic amines) is 1. The normalized spacial score (nSPS) is 22.6. The summed E-state index contributed by atoms with van der Waals surface area (Å²) in [6.45, 7) is 1.80. The van der Waals surface area contributed by atoms with Gasteiger partial charge in [-0.3, -0.25) is 19.3 Å². The van der Waals surface area contributed by atoms with Gasteiger partial charge in [-0.25, -0.2) is 4.79 Å². The van der Waals surface area contributed by atoms with Crippen molar-refractivity contribution in [3.05, 3.63) is 58.0 Å². The van der Waals surface area contributed by atoms with Gasteiger partial charge in [-0.15, -0.1) is 0 Å². The number of nitrogens with one attached hydrogen (secondary N) is 2. The molecule has 6 rings (SSSR count). The van der Waals surface area contributed by atoms with Crippen LogP contribution in [0.3, 0.4) is 0 Å². The average Bonchev–Trinajstić information content (AvgIpc) is 3.40. The van der Waals surface area contributed by atoms with E-state index < -0.39 is 0 Å². The van der Waals surface area contributed by atoms with Crippen molar-refractivity contribution in [2.24, 2.45) is 4.99 Å². The summed E-state index contributed by atoms with van der Waals surface area (Å²) in [5.74, 6) is 0.545. The minimum atomic E-state index is -0.111. The molecule has 3 heterocycles. The lowest BCUT2D eigenvalue weighted by atomic mass is 9.79. The second-order valence-corrected chi connectivity index (χ2v) is 9.90. The van der Waals surface area contributed by atoms with Crippen LogP contribution in [-0.4, -0.2) is 62.1 Å². The Balaban J connectivity index is 1.05. The number of aromatic amines is 1. The fraction of sp³-hybridized carbons (Fsp3) is 0.423. The highest BCUT2D eigenvalue weighted by atomic mass is 16.3. The van der Waals surface area contributed by atoms with Crippen LogP contribution in [0, 0.1) is 0 Å². The molecule has 9 nitrogen and oxygen atoms in total. The van der Waals surface area contributed by atoms with Crippen LogP contribution in [0.4, 0.5) is 0 Å². The second kappa shape index (κ2) is 8.57. The second-order valence-electron chi connectivity index (χ2n) is 9.90. The summed E-state index contributed by atoms with van der Waals surface area (Å²) in [4.78, 5) is 35.1. The standard InChI is InChI=1S/C26H29N5O4/c32-22-11-15-5-6-19-18(17(15)12-23(22)33)13-24(27-19)29-25(34)14-30-9-7-16(8-10-30)31-21-4-2-1-3-20(21)28-26(31)35/h1-4,11-12,16,18-19,32-33H,5-10,13-14H2,(H,28,35)(H,27,29,34)/t18-,19+/m0/s1. The molecule has 182 valence electrons. The average molecular weight is 476 g/mol. The summed E-state index contributed by atoms with van der Waals surface area (Å²) in [6.07, 6.45) is 3.91. The fourth-order valence-corrected chi connectivity index (χ4v) is 6.03. The zero-order valence-corrected chi connectivity index (χ0v) is 19.4. The molecule has 1 aromatic heterocycles. The molecule has 35 heavy (non-hydrogen) atoms. The van der Waals surface area contributed by atoms with Crippen molar-refractivity contribution in [1.29, 1.82) is 0 Å². The molecule has 1 fully saturated rings. The van der Waals surface area contributed by atoms with Gasteiger partial charge >= 0.3 is 5.69 Å². The number of carbonyl (C=O) groups is 1. The topological polar surface area (TPSA) is 123 Å². The molecule has 4 N–H and O–H groups in total. The Morgan fingerprint density at radius 1 is 1.11 bits per heavy atom. The number of amidine groups is 1. The van der Waals surface area contributed by atoms with Crippen LogP contribution in [0.2, 0.25) is 0 Å². The molecule has 9 heteroatoms. The summed E-state index contributed by atoms with van der Waals surface area (Å²) in [5.41, 5.74) is 3.76. The molecule has 2 aliphatic heterocycles. The number of H-pyrrole nitrogens is 1. The van der Waals surface area contributed by atoms with E-state index in [1.165, 1.54) is 0 Å². The maximum Gasteiger partial charge on any atom is 0.326 e. The highest BCUT2D eigenvalue weighted by molar-refractivity contribution is 6.00. The maximum absolute atomic E-state index is 12.8. The lowest BCUT2D eigenvalue weighted by Crippen LogP contribution is -2.44. The van der Waals surface area contributed by atoms with Crippen molar-refractivity contribution >= 4 is 22.8 Å². The number of imidazole rings is 1. The van der Waals surface area contributed by atoms with Gasteiger partial charge in [-0.2, -0.15) is 0 Å². The first-order valence-electron chi connectivity index (χ1n) is 12.3. The van der Waals surface area contributed by atoms with Crippen molar-refractivity contribution in [3.63, 3.8) is 0 Å². The first-order chi connectivity index (χ1) is 17.0. The van der Waals surface area contributed by atoms with Gasteiger partial charge < -0.3 is 20.5 Å². The number of aryl methyl sites for hydroxylation is 1. The number of piperidine rings is 1. The van der Waals surface area contributed by atoms with Crippen molar-refractivity contribution < 1.29 is 15.0 Å². The Kier molecular flexibility index (Phi) is 5.36. The van der Waals surface area contributed by atoms with E-state index in [2.05, 4.69) is 15.2 Å². The summed E-state index contributed by atoms with van der Waals surface area (Å²) in [5, 5.41) is 22.8. The Morgan fingerprint density at radius 2 is 1.89 bits per heavy atom. The van der Waals surface area contributed by atoms with Crippen LogP contribution in [0.25, 0.3) is 11.0 Å². The zero-order valence-electron chi connectivity index (χ0n) is 19.4. The van der Waals surface area contributed by atoms with Gasteiger partial charge in [0, 0.05) is 31.5 Å². The van der Waals surface area contributed by atoms with Crippen LogP contribution in [-0.2, 0) is 11.2 Å². The molecule has 1 saturated heterocycles. The van der Waals surface area contributed by atoms with E-state index in [1.54, 1.807) is 12.1 Å². The summed E-state index contributed by atoms with van der Waals surface area (Å²) >= 11 is 0. The summed E-state index contributed by atoms with van der Waals surface area (Å²) in [6, 6.07) is 11.2. The zero-order chi connectivity index (χ0) is 24.1. The SMILES string of the molecule is O=C(CN1CCC(n2c(=O)[nH]c3ccccc32)CC1)NC1=N[C@@H]2CCc3cc(O)c(O)cc3[C@@H]2C1. The quantitative estimate of drug-likeness (QED) is 0.433. The number of para-hydroxylation sites is 2. The molecular formula is C26H29N5O4. The van der Waals surface area contributed by atoms with Gasteiger partial charge in [0.05, 0.1) is 23.6 Å². The van der Waals surface area contributed by atoms with Crippen LogP contribution < -0.4 is 11.0 Å². The number of fused-ring (bicyclic) bond motifs is 4. The molecular weight excluding hydrogens is 446 g/mol. The molecule has 1 amide bonds.